The third-order valence-electron chi connectivity index (χ3n) is 1.46. The molecule has 0 heterocycles. The predicted molar refractivity (Wildman–Crippen MR) is 46.6 cm³/mol. The fourth-order valence-electron chi connectivity index (χ4n) is 0.926. The summed E-state index contributed by atoms with van der Waals surface area (Å²) >= 11 is 0. The number of hydrogen-bond donors (Lipinski definition) is 1. The normalized spacial score (nSPS) is 9.07. The van der Waals surface area contributed by atoms with E-state index in [1.54, 1.807) is 0 Å². The first-order valence-electron chi connectivity index (χ1n) is 3.79. The van der Waals surface area contributed by atoms with Crippen molar-refractivity contribution in [3.63, 3.8) is 0 Å². The molecule has 6 nitrogen and oxygen atoms in total. The van der Waals surface area contributed by atoms with Crippen molar-refractivity contribution >= 4 is 18.6 Å². The van der Waals surface area contributed by atoms with Crippen molar-refractivity contribution in [2.45, 2.75) is 0 Å². The maximum atomic E-state index is 11.1. The molecule has 0 saturated heterocycles. The third-order valence-corrected chi connectivity index (χ3v) is 1.46. The highest BCUT2D eigenvalue weighted by Gasteiger charge is 2.15. The molecular formula is C9H6O6. The fourth-order valence-corrected chi connectivity index (χ4v) is 0.926. The van der Waals surface area contributed by atoms with Gasteiger partial charge in [-0.2, -0.15) is 0 Å². The molecule has 0 radical (unpaired) electrons. The van der Waals surface area contributed by atoms with Crippen molar-refractivity contribution < 1.29 is 29.0 Å². The Morgan fingerprint density at radius 2 is 1.93 bits per heavy atom. The Balaban J connectivity index is 3.00. The van der Waals surface area contributed by atoms with Crippen LogP contribution >= 0.6 is 0 Å². The maximum absolute atomic E-state index is 11.1. The van der Waals surface area contributed by atoms with Crippen LogP contribution in [0.15, 0.2) is 24.3 Å². The summed E-state index contributed by atoms with van der Waals surface area (Å²) in [6, 6.07) is 5.52. The van der Waals surface area contributed by atoms with E-state index in [-0.39, 0.29) is 17.8 Å². The van der Waals surface area contributed by atoms with E-state index in [0.717, 1.165) is 0 Å². The quantitative estimate of drug-likeness (QED) is 0.347. The van der Waals surface area contributed by atoms with Gasteiger partial charge in [0.2, 0.25) is 0 Å². The van der Waals surface area contributed by atoms with Crippen LogP contribution < -0.4 is 4.74 Å². The van der Waals surface area contributed by atoms with Gasteiger partial charge < -0.3 is 14.6 Å². The summed E-state index contributed by atoms with van der Waals surface area (Å²) in [6.07, 6.45) is -1.55. The van der Waals surface area contributed by atoms with E-state index in [1.165, 1.54) is 24.3 Å². The van der Waals surface area contributed by atoms with Gasteiger partial charge in [0.05, 0.1) is 0 Å². The molecule has 1 N–H and O–H groups in total. The number of ether oxygens (including phenoxy) is 2. The molecule has 0 aliphatic heterocycles. The monoisotopic (exact) mass is 210 g/mol. The lowest BCUT2D eigenvalue weighted by molar-refractivity contribution is -0.123. The van der Waals surface area contributed by atoms with Crippen LogP contribution in [0.4, 0.5) is 4.79 Å². The van der Waals surface area contributed by atoms with E-state index in [9.17, 15) is 14.4 Å². The Bertz CT molecular complexity index is 397. The van der Waals surface area contributed by atoms with Gasteiger partial charge in [-0.1, -0.05) is 12.1 Å². The van der Waals surface area contributed by atoms with Crippen LogP contribution in [-0.2, 0) is 9.53 Å². The Labute approximate surface area is 84.0 Å². The second kappa shape index (κ2) is 4.75. The second-order valence-electron chi connectivity index (χ2n) is 2.37. The standard InChI is InChI=1S/C9H6O6/c10-5-14-8(11)6-3-1-2-4-7(6)15-9(12)13/h1-5H,(H,12,13). The van der Waals surface area contributed by atoms with Gasteiger partial charge in [0.25, 0.3) is 0 Å². The Morgan fingerprint density at radius 1 is 1.27 bits per heavy atom. The van der Waals surface area contributed by atoms with E-state index >= 15 is 0 Å². The molecule has 15 heavy (non-hydrogen) atoms. The van der Waals surface area contributed by atoms with Crippen LogP contribution in [0.3, 0.4) is 0 Å². The van der Waals surface area contributed by atoms with Gasteiger partial charge in [-0.05, 0) is 12.1 Å². The zero-order valence-electron chi connectivity index (χ0n) is 7.38. The first-order chi connectivity index (χ1) is 7.15. The van der Waals surface area contributed by atoms with Crippen molar-refractivity contribution in [3.8, 4) is 5.75 Å². The molecule has 0 aliphatic rings. The number of hydrogen-bond acceptors (Lipinski definition) is 5. The third kappa shape index (κ3) is 2.80. The lowest BCUT2D eigenvalue weighted by Gasteiger charge is -2.04. The van der Waals surface area contributed by atoms with Gasteiger partial charge in [0, 0.05) is 0 Å². The van der Waals surface area contributed by atoms with Crippen LogP contribution in [0.25, 0.3) is 0 Å². The van der Waals surface area contributed by atoms with E-state index in [1.807, 2.05) is 0 Å². The largest absolute Gasteiger partial charge is 0.511 e. The zero-order chi connectivity index (χ0) is 11.3. The molecule has 0 unspecified atom stereocenters. The predicted octanol–water partition coefficient (Wildman–Crippen LogP) is 1.06. The molecule has 0 saturated carbocycles. The van der Waals surface area contributed by atoms with E-state index in [0.29, 0.717) is 0 Å². The number of carboxylic acid groups (broad SMARTS) is 1. The minimum atomic E-state index is -1.55. The Hall–Kier alpha value is -2.37. The Kier molecular flexibility index (Phi) is 3.39. The van der Waals surface area contributed by atoms with Crippen molar-refractivity contribution in [2.75, 3.05) is 0 Å². The summed E-state index contributed by atoms with van der Waals surface area (Å²) in [5.41, 5.74) is -0.132. The van der Waals surface area contributed by atoms with Crippen molar-refractivity contribution in [1.82, 2.24) is 0 Å². The zero-order valence-corrected chi connectivity index (χ0v) is 7.38. The fraction of sp³-hybridized carbons (Fsp3) is 0. The molecule has 1 aromatic carbocycles. The molecule has 78 valence electrons. The lowest BCUT2D eigenvalue weighted by Crippen LogP contribution is -2.10. The molecular weight excluding hydrogens is 204 g/mol. The average molecular weight is 210 g/mol. The first-order valence-corrected chi connectivity index (χ1v) is 3.79. The number of esters is 1. The van der Waals surface area contributed by atoms with Crippen molar-refractivity contribution in [3.05, 3.63) is 29.8 Å². The van der Waals surface area contributed by atoms with Gasteiger partial charge in [-0.3, -0.25) is 4.79 Å². The van der Waals surface area contributed by atoms with E-state index in [4.69, 9.17) is 5.11 Å². The Morgan fingerprint density at radius 3 is 2.53 bits per heavy atom. The molecule has 1 aromatic rings. The highest BCUT2D eigenvalue weighted by Crippen LogP contribution is 2.18. The van der Waals surface area contributed by atoms with Gasteiger partial charge in [0.15, 0.2) is 0 Å². The molecule has 0 fully saturated rings. The average Bonchev–Trinajstić information content (AvgIpc) is 2.18. The topological polar surface area (TPSA) is 89.9 Å². The maximum Gasteiger partial charge on any atom is 0.511 e. The number of rotatable bonds is 3. The highest BCUT2D eigenvalue weighted by molar-refractivity contribution is 5.96. The molecule has 0 spiro atoms. The molecule has 0 aliphatic carbocycles. The first kappa shape index (κ1) is 10.7. The summed E-state index contributed by atoms with van der Waals surface area (Å²) in [5, 5.41) is 8.36. The van der Waals surface area contributed by atoms with E-state index in [2.05, 4.69) is 9.47 Å². The van der Waals surface area contributed by atoms with Crippen LogP contribution in [0.2, 0.25) is 0 Å². The number of carbonyl (C=O) groups is 3. The summed E-state index contributed by atoms with van der Waals surface area (Å²) in [6.45, 7) is -0.0418. The van der Waals surface area contributed by atoms with Crippen molar-refractivity contribution in [2.24, 2.45) is 0 Å². The molecule has 0 aromatic heterocycles. The van der Waals surface area contributed by atoms with Crippen LogP contribution in [0.5, 0.6) is 5.75 Å². The van der Waals surface area contributed by atoms with Gasteiger partial charge in [0.1, 0.15) is 11.3 Å². The molecule has 0 amide bonds. The number of para-hydroxylation sites is 1. The van der Waals surface area contributed by atoms with Gasteiger partial charge >= 0.3 is 18.6 Å². The smallest absolute Gasteiger partial charge is 0.449 e. The minimum absolute atomic E-state index is 0.0418. The molecule has 0 bridgehead atoms. The highest BCUT2D eigenvalue weighted by atomic mass is 16.7. The van der Waals surface area contributed by atoms with Gasteiger partial charge in [-0.25, -0.2) is 9.59 Å². The van der Waals surface area contributed by atoms with E-state index < -0.39 is 12.1 Å². The number of benzene rings is 1. The lowest BCUT2D eigenvalue weighted by atomic mass is 10.2. The van der Waals surface area contributed by atoms with Crippen LogP contribution in [0, 0.1) is 0 Å². The summed E-state index contributed by atoms with van der Waals surface area (Å²) in [7, 11) is 0. The molecule has 0 atom stereocenters. The van der Waals surface area contributed by atoms with Crippen LogP contribution in [-0.4, -0.2) is 23.7 Å². The summed E-state index contributed by atoms with van der Waals surface area (Å²) < 4.78 is 8.37. The molecule has 6 heteroatoms. The summed E-state index contributed by atoms with van der Waals surface area (Å²) in [5.74, 6) is -1.15. The minimum Gasteiger partial charge on any atom is -0.449 e. The number of carbonyl (C=O) groups excluding carboxylic acids is 2. The van der Waals surface area contributed by atoms with Gasteiger partial charge in [-0.15, -0.1) is 0 Å². The molecule has 1 rings (SSSR count). The van der Waals surface area contributed by atoms with Crippen LogP contribution in [0.1, 0.15) is 10.4 Å². The van der Waals surface area contributed by atoms with Crippen molar-refractivity contribution in [1.29, 1.82) is 0 Å². The summed E-state index contributed by atoms with van der Waals surface area (Å²) in [4.78, 5) is 31.3. The SMILES string of the molecule is O=COC(=O)c1ccccc1OC(=O)O. The second-order valence-corrected chi connectivity index (χ2v) is 2.37.